The van der Waals surface area contributed by atoms with Gasteiger partial charge in [0.05, 0.1) is 33.3 Å². The van der Waals surface area contributed by atoms with Gasteiger partial charge in [-0.1, -0.05) is 29.8 Å². The number of rotatable bonds is 13. The van der Waals surface area contributed by atoms with Crippen LogP contribution in [0.3, 0.4) is 0 Å². The molecule has 2 aromatic carbocycles. The second-order valence-electron chi connectivity index (χ2n) is 10.9. The van der Waals surface area contributed by atoms with Gasteiger partial charge in [0.2, 0.25) is 5.28 Å². The lowest BCUT2D eigenvalue weighted by Gasteiger charge is -2.17. The molecular weight excluding hydrogens is 653 g/mol. The largest absolute Gasteiger partial charge is 0.569 e. The Kier molecular flexibility index (Phi) is 11.8. The van der Waals surface area contributed by atoms with Crippen LogP contribution in [0.4, 0.5) is 18.0 Å². The number of amides is 1. The van der Waals surface area contributed by atoms with Gasteiger partial charge in [-0.15, -0.1) is 5.01 Å². The van der Waals surface area contributed by atoms with Crippen LogP contribution in [-0.4, -0.2) is 78.4 Å². The Balaban J connectivity index is 1.63. The number of carbonyl (C=O) groups is 2. The van der Waals surface area contributed by atoms with Crippen molar-refractivity contribution in [1.82, 2.24) is 19.5 Å². The van der Waals surface area contributed by atoms with Crippen LogP contribution in [0.2, 0.25) is 0 Å². The van der Waals surface area contributed by atoms with Crippen molar-refractivity contribution in [3.05, 3.63) is 71.1 Å². The summed E-state index contributed by atoms with van der Waals surface area (Å²) in [5.41, 5.74) is -0.386. The summed E-state index contributed by atoms with van der Waals surface area (Å²) < 4.78 is 78.3. The third kappa shape index (κ3) is 10.3. The molecule has 0 fully saturated rings. The zero-order valence-electron chi connectivity index (χ0n) is 25.7. The molecule has 3 rings (SSSR count). The molecule has 1 heterocycles. The number of aromatic nitrogens is 2. The fraction of sp³-hybridized carbons (Fsp3) is 0.393. The number of halogens is 3. The zero-order valence-corrected chi connectivity index (χ0v) is 26.5. The van der Waals surface area contributed by atoms with E-state index in [0.717, 1.165) is 33.5 Å². The smallest absolute Gasteiger partial charge is 0.435 e. The zero-order chi connectivity index (χ0) is 35.0. The van der Waals surface area contributed by atoms with Crippen molar-refractivity contribution in [1.29, 1.82) is 0 Å². The van der Waals surface area contributed by atoms with Gasteiger partial charge in [0.15, 0.2) is 5.69 Å². The first-order valence-corrected chi connectivity index (χ1v) is 15.3. The number of nitrogens with zero attached hydrogens (tertiary/aromatic N) is 5. The fourth-order valence-corrected chi connectivity index (χ4v) is 4.56. The number of hydrogen-bond donors (Lipinski definition) is 2. The van der Waals surface area contributed by atoms with E-state index < -0.39 is 64.3 Å². The molecule has 2 N–H and O–H groups in total. The number of hydrogen-bond acceptors (Lipinski definition) is 11. The highest BCUT2D eigenvalue weighted by molar-refractivity contribution is 7.90. The van der Waals surface area contributed by atoms with Crippen LogP contribution in [0.1, 0.15) is 32.0 Å². The molecule has 0 aliphatic carbocycles. The van der Waals surface area contributed by atoms with Crippen LogP contribution in [0.15, 0.2) is 64.8 Å². The topological polar surface area (TPSA) is 188 Å². The van der Waals surface area contributed by atoms with Crippen LogP contribution in [-0.2, 0) is 35.3 Å². The molecule has 19 heteroatoms. The summed E-state index contributed by atoms with van der Waals surface area (Å²) in [5, 5.41) is 29.0. The number of sulfonamides is 1. The maximum atomic E-state index is 13.5. The van der Waals surface area contributed by atoms with Crippen molar-refractivity contribution in [2.45, 2.75) is 38.8 Å². The number of benzene rings is 2. The first kappa shape index (κ1) is 36.6. The van der Waals surface area contributed by atoms with Crippen molar-refractivity contribution < 1.29 is 55.6 Å². The molecule has 0 radical (unpaired) electrons. The van der Waals surface area contributed by atoms with E-state index in [9.17, 15) is 41.5 Å². The van der Waals surface area contributed by atoms with E-state index in [2.05, 4.69) is 15.2 Å². The Hall–Kier alpha value is -4.91. The first-order valence-electron chi connectivity index (χ1n) is 13.8. The predicted molar refractivity (Wildman–Crippen MR) is 157 cm³/mol. The maximum Gasteiger partial charge on any atom is 0.435 e. The number of ether oxygens (including phenoxy) is 2. The molecular formula is C28H33F3N6O9S. The maximum absolute atomic E-state index is 13.5. The molecule has 1 amide bonds. The summed E-state index contributed by atoms with van der Waals surface area (Å²) >= 11 is 0. The van der Waals surface area contributed by atoms with Gasteiger partial charge in [-0.05, 0) is 58.0 Å². The van der Waals surface area contributed by atoms with Gasteiger partial charge in [0.25, 0.3) is 16.8 Å². The molecule has 0 saturated heterocycles. The molecule has 0 atom stereocenters. The summed E-state index contributed by atoms with van der Waals surface area (Å²) in [4.78, 5) is 28.1. The third-order valence-electron chi connectivity index (χ3n) is 6.12. The Morgan fingerprint density at radius 3 is 2.28 bits per heavy atom. The molecule has 256 valence electrons. The van der Waals surface area contributed by atoms with Crippen molar-refractivity contribution >= 4 is 22.1 Å². The molecule has 0 spiro atoms. The second-order valence-corrected chi connectivity index (χ2v) is 12.5. The quantitative estimate of drug-likeness (QED) is 0.0662. The molecule has 3 aromatic rings. The highest BCUT2D eigenvalue weighted by Gasteiger charge is 2.35. The van der Waals surface area contributed by atoms with E-state index in [1.807, 2.05) is 6.92 Å². The van der Waals surface area contributed by atoms with Crippen molar-refractivity contribution in [3.8, 4) is 16.9 Å². The summed E-state index contributed by atoms with van der Waals surface area (Å²) in [6.45, 7) is 4.31. The van der Waals surface area contributed by atoms with E-state index in [-0.39, 0.29) is 29.4 Å². The Morgan fingerprint density at radius 1 is 1.06 bits per heavy atom. The van der Waals surface area contributed by atoms with E-state index >= 15 is 0 Å². The van der Waals surface area contributed by atoms with E-state index in [1.165, 1.54) is 12.1 Å². The minimum absolute atomic E-state index is 0.0811. The number of aliphatic hydroxyl groups is 1. The number of nitrogens with one attached hydrogen (secondary N) is 1. The van der Waals surface area contributed by atoms with Crippen molar-refractivity contribution in [2.75, 3.05) is 33.1 Å². The minimum Gasteiger partial charge on any atom is -0.569 e. The Morgan fingerprint density at radius 2 is 1.70 bits per heavy atom. The summed E-state index contributed by atoms with van der Waals surface area (Å²) in [6, 6.07) is 12.2. The minimum atomic E-state index is -4.73. The van der Waals surface area contributed by atoms with Crippen LogP contribution in [0, 0.1) is 17.5 Å². The summed E-state index contributed by atoms with van der Waals surface area (Å²) in [6.07, 6.45) is -6.13. The van der Waals surface area contributed by atoms with Gasteiger partial charge in [0, 0.05) is 5.56 Å². The lowest BCUT2D eigenvalue weighted by molar-refractivity contribution is -0.712. The van der Waals surface area contributed by atoms with Crippen molar-refractivity contribution in [2.24, 2.45) is 10.7 Å². The number of aliphatic hydroxyl groups excluding tert-OH is 1. The highest BCUT2D eigenvalue weighted by atomic mass is 32.2. The number of aryl methyl sites for hydroxylation is 1. The van der Waals surface area contributed by atoms with E-state index in [0.29, 0.717) is 5.56 Å². The van der Waals surface area contributed by atoms with E-state index in [1.54, 1.807) is 49.8 Å². The van der Waals surface area contributed by atoms with Crippen LogP contribution >= 0.6 is 0 Å². The van der Waals surface area contributed by atoms with Gasteiger partial charge < -0.3 is 24.6 Å². The fourth-order valence-electron chi connectivity index (χ4n) is 3.67. The first-order chi connectivity index (χ1) is 21.9. The second kappa shape index (κ2) is 15.1. The molecule has 15 nitrogen and oxygen atoms in total. The lowest BCUT2D eigenvalue weighted by atomic mass is 9.98. The molecule has 1 aromatic heterocycles. The lowest BCUT2D eigenvalue weighted by Crippen LogP contribution is -2.38. The normalized spacial score (nSPS) is 12.4. The highest BCUT2D eigenvalue weighted by Crippen LogP contribution is 2.33. The number of alkyl halides is 3. The number of carbonyl (C=O) groups excluding carboxylic acids is 2. The van der Waals surface area contributed by atoms with Gasteiger partial charge in [-0.25, -0.2) is 22.6 Å². The molecule has 0 bridgehead atoms. The van der Waals surface area contributed by atoms with Gasteiger partial charge in [0.1, 0.15) is 19.7 Å². The monoisotopic (exact) mass is 686 g/mol. The van der Waals surface area contributed by atoms with Gasteiger partial charge >= 0.3 is 18.2 Å². The van der Waals surface area contributed by atoms with Gasteiger partial charge in [-0.3, -0.25) is 4.79 Å². The Bertz CT molecular complexity index is 1670. The third-order valence-corrected chi connectivity index (χ3v) is 7.45. The molecule has 47 heavy (non-hydrogen) atoms. The summed E-state index contributed by atoms with van der Waals surface area (Å²) in [5.74, 6) is -0.604. The SMILES string of the molecule is Cc1ccc(-c2cc(C(F)(F)F)nn2-c2ccc(S(=O)(=O)NC(=O)OCCN(CCO)[N+]([O-])=NOCOC(=O)C(C)(C)C)cc2)cc1. The molecule has 0 aliphatic heterocycles. The standard InChI is InChI=1S/C28H33F3N6O9S/c1-19-5-7-20(8-6-19)23-17-24(28(29,30)31)32-36(23)21-9-11-22(12-10-21)47(42,43)33-26(40)44-16-14-35(13-15-38)37(41)34-46-18-45-25(39)27(2,3)4/h5-12,17,38H,13-16,18H2,1-4H3,(H,33,40). The molecule has 0 unspecified atom stereocenters. The van der Waals surface area contributed by atoms with Crippen molar-refractivity contribution in [3.63, 3.8) is 0 Å². The Labute approximate surface area is 267 Å². The molecule has 0 saturated carbocycles. The average Bonchev–Trinajstić information content (AvgIpc) is 3.45. The average molecular weight is 687 g/mol. The molecule has 0 aliphatic rings. The predicted octanol–water partition coefficient (Wildman–Crippen LogP) is 3.93. The van der Waals surface area contributed by atoms with E-state index in [4.69, 9.17) is 9.47 Å². The number of esters is 1. The number of hydrazine groups is 1. The van der Waals surface area contributed by atoms with Crippen LogP contribution in [0.25, 0.3) is 16.9 Å². The van der Waals surface area contributed by atoms with Gasteiger partial charge in [-0.2, -0.15) is 18.3 Å². The van der Waals surface area contributed by atoms with Crippen LogP contribution < -0.4 is 4.72 Å². The van der Waals surface area contributed by atoms with Crippen LogP contribution in [0.5, 0.6) is 0 Å². The summed E-state index contributed by atoms with van der Waals surface area (Å²) in [7, 11) is -4.49.